The second kappa shape index (κ2) is 4.63. The summed E-state index contributed by atoms with van der Waals surface area (Å²) in [5, 5.41) is 0.216. The molecule has 2 aromatic rings. The van der Waals surface area contributed by atoms with E-state index >= 15 is 0 Å². The van der Waals surface area contributed by atoms with Gasteiger partial charge in [-0.25, -0.2) is 8.78 Å². The van der Waals surface area contributed by atoms with E-state index in [4.69, 9.17) is 11.6 Å². The lowest BCUT2D eigenvalue weighted by Gasteiger charge is -2.05. The molecule has 0 aliphatic rings. The maximum atomic E-state index is 13.1. The van der Waals surface area contributed by atoms with Gasteiger partial charge in [-0.05, 0) is 35.9 Å². The van der Waals surface area contributed by atoms with Crippen LogP contribution >= 0.6 is 11.6 Å². The van der Waals surface area contributed by atoms with E-state index in [1.54, 1.807) is 0 Å². The second-order valence-corrected chi connectivity index (χ2v) is 3.89. The predicted octanol–water partition coefficient (Wildman–Crippen LogP) is 4.10. The fourth-order valence-corrected chi connectivity index (χ4v) is 1.80. The van der Waals surface area contributed by atoms with Crippen molar-refractivity contribution in [3.8, 4) is 11.1 Å². The number of carbonyl (C=O) groups is 1. The van der Waals surface area contributed by atoms with Crippen LogP contribution in [-0.4, -0.2) is 6.29 Å². The number of halogens is 3. The molecule has 0 unspecified atom stereocenters. The fourth-order valence-electron chi connectivity index (χ4n) is 1.53. The molecule has 4 heteroatoms. The van der Waals surface area contributed by atoms with Gasteiger partial charge >= 0.3 is 0 Å². The summed E-state index contributed by atoms with van der Waals surface area (Å²) in [6, 6.07) is 7.95. The van der Waals surface area contributed by atoms with Gasteiger partial charge < -0.3 is 0 Å². The summed E-state index contributed by atoms with van der Waals surface area (Å²) >= 11 is 5.88. The Bertz CT molecular complexity index is 582. The van der Waals surface area contributed by atoms with Crippen LogP contribution in [0.3, 0.4) is 0 Å². The molecule has 0 aliphatic heterocycles. The average molecular weight is 253 g/mol. The van der Waals surface area contributed by atoms with Crippen LogP contribution in [-0.2, 0) is 0 Å². The molecule has 86 valence electrons. The normalized spacial score (nSPS) is 10.3. The zero-order chi connectivity index (χ0) is 12.4. The van der Waals surface area contributed by atoms with Crippen molar-refractivity contribution in [2.75, 3.05) is 0 Å². The molecule has 0 amide bonds. The fraction of sp³-hybridized carbons (Fsp3) is 0. The molecule has 0 saturated heterocycles. The second-order valence-electron chi connectivity index (χ2n) is 3.48. The number of benzene rings is 2. The van der Waals surface area contributed by atoms with Crippen molar-refractivity contribution >= 4 is 17.9 Å². The van der Waals surface area contributed by atoms with Crippen molar-refractivity contribution in [3.05, 3.63) is 58.6 Å². The Morgan fingerprint density at radius 1 is 1.06 bits per heavy atom. The summed E-state index contributed by atoms with van der Waals surface area (Å²) in [5.41, 5.74) is 1.07. The number of rotatable bonds is 2. The third-order valence-corrected chi connectivity index (χ3v) is 2.68. The van der Waals surface area contributed by atoms with Gasteiger partial charge in [0.1, 0.15) is 11.6 Å². The van der Waals surface area contributed by atoms with Crippen LogP contribution in [0, 0.1) is 11.6 Å². The number of carbonyl (C=O) groups excluding carboxylic acids is 1. The highest BCUT2D eigenvalue weighted by molar-refractivity contribution is 6.33. The topological polar surface area (TPSA) is 17.1 Å². The lowest BCUT2D eigenvalue weighted by molar-refractivity contribution is 0.112. The van der Waals surface area contributed by atoms with E-state index in [-0.39, 0.29) is 10.6 Å². The molecule has 0 saturated carbocycles. The van der Waals surface area contributed by atoms with E-state index in [1.165, 1.54) is 36.4 Å². The van der Waals surface area contributed by atoms with Crippen molar-refractivity contribution in [2.24, 2.45) is 0 Å². The number of hydrogen-bond acceptors (Lipinski definition) is 1. The minimum Gasteiger partial charge on any atom is -0.298 e. The molecule has 2 aromatic carbocycles. The summed E-state index contributed by atoms with van der Waals surface area (Å²) < 4.78 is 26.0. The quantitative estimate of drug-likeness (QED) is 0.736. The molecule has 2 rings (SSSR count). The van der Waals surface area contributed by atoms with Crippen LogP contribution in [0.1, 0.15) is 10.4 Å². The van der Waals surface area contributed by atoms with Gasteiger partial charge in [0.2, 0.25) is 0 Å². The average Bonchev–Trinajstić information content (AvgIpc) is 2.30. The molecular formula is C13H7ClF2O. The zero-order valence-corrected chi connectivity index (χ0v) is 9.34. The largest absolute Gasteiger partial charge is 0.298 e. The van der Waals surface area contributed by atoms with Gasteiger partial charge in [-0.3, -0.25) is 4.79 Å². The van der Waals surface area contributed by atoms with Crippen molar-refractivity contribution < 1.29 is 13.6 Å². The standard InChI is InChI=1S/C13H7ClF2O/c14-12-6-10(15)2-3-11(12)8-1-4-13(16)9(5-8)7-17/h1-7H. The molecule has 0 spiro atoms. The van der Waals surface area contributed by atoms with Crippen LogP contribution in [0.25, 0.3) is 11.1 Å². The smallest absolute Gasteiger partial charge is 0.153 e. The Labute approximate surface area is 102 Å². The third-order valence-electron chi connectivity index (χ3n) is 2.37. The highest BCUT2D eigenvalue weighted by atomic mass is 35.5. The van der Waals surface area contributed by atoms with Gasteiger partial charge in [-0.15, -0.1) is 0 Å². The van der Waals surface area contributed by atoms with Crippen LogP contribution < -0.4 is 0 Å². The maximum Gasteiger partial charge on any atom is 0.153 e. The lowest BCUT2D eigenvalue weighted by Crippen LogP contribution is -1.89. The van der Waals surface area contributed by atoms with Crippen LogP contribution in [0.4, 0.5) is 8.78 Å². The first-order valence-electron chi connectivity index (χ1n) is 4.82. The minimum absolute atomic E-state index is 0.0529. The minimum atomic E-state index is -0.595. The van der Waals surface area contributed by atoms with Crippen molar-refractivity contribution in [3.63, 3.8) is 0 Å². The van der Waals surface area contributed by atoms with E-state index in [2.05, 4.69) is 0 Å². The van der Waals surface area contributed by atoms with E-state index < -0.39 is 11.6 Å². The summed E-state index contributed by atoms with van der Waals surface area (Å²) in [6.45, 7) is 0. The summed E-state index contributed by atoms with van der Waals surface area (Å²) in [5.74, 6) is -1.04. The molecule has 0 radical (unpaired) electrons. The van der Waals surface area contributed by atoms with Crippen LogP contribution in [0.2, 0.25) is 5.02 Å². The molecule has 0 fully saturated rings. The van der Waals surface area contributed by atoms with Gasteiger partial charge in [0, 0.05) is 5.56 Å². The number of aldehydes is 1. The first-order chi connectivity index (χ1) is 8.11. The molecule has 0 aromatic heterocycles. The highest BCUT2D eigenvalue weighted by Crippen LogP contribution is 2.29. The van der Waals surface area contributed by atoms with Gasteiger partial charge in [-0.2, -0.15) is 0 Å². The Kier molecular flexibility index (Phi) is 3.20. The van der Waals surface area contributed by atoms with Crippen molar-refractivity contribution in [1.29, 1.82) is 0 Å². The first kappa shape index (κ1) is 11.7. The Morgan fingerprint density at radius 3 is 2.47 bits per heavy atom. The number of hydrogen-bond donors (Lipinski definition) is 0. The van der Waals surface area contributed by atoms with Crippen molar-refractivity contribution in [2.45, 2.75) is 0 Å². The summed E-state index contributed by atoms with van der Waals surface area (Å²) in [6.07, 6.45) is 0.427. The van der Waals surface area contributed by atoms with Crippen molar-refractivity contribution in [1.82, 2.24) is 0 Å². The van der Waals surface area contributed by atoms with E-state index in [1.807, 2.05) is 0 Å². The molecular weight excluding hydrogens is 246 g/mol. The van der Waals surface area contributed by atoms with Gasteiger partial charge in [0.05, 0.1) is 10.6 Å². The first-order valence-corrected chi connectivity index (χ1v) is 5.20. The van der Waals surface area contributed by atoms with Crippen LogP contribution in [0.15, 0.2) is 36.4 Å². The van der Waals surface area contributed by atoms with Gasteiger partial charge in [-0.1, -0.05) is 17.7 Å². The Hall–Kier alpha value is -1.74. The van der Waals surface area contributed by atoms with E-state index in [0.29, 0.717) is 17.4 Å². The maximum absolute atomic E-state index is 13.1. The molecule has 17 heavy (non-hydrogen) atoms. The highest BCUT2D eigenvalue weighted by Gasteiger charge is 2.08. The molecule has 0 heterocycles. The summed E-state index contributed by atoms with van der Waals surface area (Å²) in [7, 11) is 0. The molecule has 0 N–H and O–H groups in total. The summed E-state index contributed by atoms with van der Waals surface area (Å²) in [4.78, 5) is 10.6. The third kappa shape index (κ3) is 2.34. The van der Waals surface area contributed by atoms with Crippen LogP contribution in [0.5, 0.6) is 0 Å². The molecule has 0 bridgehead atoms. The molecule has 1 nitrogen and oxygen atoms in total. The van der Waals surface area contributed by atoms with Gasteiger partial charge in [0.25, 0.3) is 0 Å². The van der Waals surface area contributed by atoms with E-state index in [0.717, 1.165) is 0 Å². The van der Waals surface area contributed by atoms with E-state index in [9.17, 15) is 13.6 Å². The molecule has 0 atom stereocenters. The van der Waals surface area contributed by atoms with Gasteiger partial charge in [0.15, 0.2) is 6.29 Å². The lowest BCUT2D eigenvalue weighted by atomic mass is 10.0. The zero-order valence-electron chi connectivity index (χ0n) is 8.58. The SMILES string of the molecule is O=Cc1cc(-c2ccc(F)cc2Cl)ccc1F. The Balaban J connectivity index is 2.56. The predicted molar refractivity (Wildman–Crippen MR) is 62.2 cm³/mol. The Morgan fingerprint density at radius 2 is 1.82 bits per heavy atom. The molecule has 0 aliphatic carbocycles. The monoisotopic (exact) mass is 252 g/mol.